The maximum Gasteiger partial charge on any atom is 0.0951 e. The van der Waals surface area contributed by atoms with Crippen molar-refractivity contribution in [3.63, 3.8) is 0 Å². The van der Waals surface area contributed by atoms with Gasteiger partial charge in [-0.25, -0.2) is 4.98 Å². The fraction of sp³-hybridized carbons (Fsp3) is 0. The standard InChI is InChI=1S/C30H19N3/c1-3-12-25-21(8-1)17-24(19-31-25)20-10-7-11-23(16-20)30-29-18-22-9-2-5-14-27(22)33(29)28-15-6-4-13-26(28)32-30/h1-19H. The van der Waals surface area contributed by atoms with E-state index in [4.69, 9.17) is 4.98 Å². The third-order valence-electron chi connectivity index (χ3n) is 6.37. The molecule has 0 saturated carbocycles. The van der Waals surface area contributed by atoms with Gasteiger partial charge in [-0.1, -0.05) is 66.7 Å². The Balaban J connectivity index is 1.49. The van der Waals surface area contributed by atoms with Crippen LogP contribution >= 0.6 is 0 Å². The van der Waals surface area contributed by atoms with Crippen molar-refractivity contribution in [1.82, 2.24) is 14.4 Å². The van der Waals surface area contributed by atoms with Crippen molar-refractivity contribution in [2.75, 3.05) is 0 Å². The van der Waals surface area contributed by atoms with Gasteiger partial charge in [-0.15, -0.1) is 0 Å². The van der Waals surface area contributed by atoms with Crippen LogP contribution in [-0.4, -0.2) is 14.4 Å². The average molecular weight is 422 g/mol. The van der Waals surface area contributed by atoms with Crippen LogP contribution in [0, 0.1) is 0 Å². The molecule has 0 spiro atoms. The van der Waals surface area contributed by atoms with Gasteiger partial charge in [0, 0.05) is 28.1 Å². The van der Waals surface area contributed by atoms with Gasteiger partial charge in [0.2, 0.25) is 0 Å². The van der Waals surface area contributed by atoms with Gasteiger partial charge < -0.3 is 4.40 Å². The summed E-state index contributed by atoms with van der Waals surface area (Å²) >= 11 is 0. The topological polar surface area (TPSA) is 30.2 Å². The molecular weight excluding hydrogens is 402 g/mol. The third-order valence-corrected chi connectivity index (χ3v) is 6.37. The molecule has 3 aromatic heterocycles. The number of rotatable bonds is 2. The molecule has 0 fully saturated rings. The van der Waals surface area contributed by atoms with E-state index in [0.29, 0.717) is 0 Å². The van der Waals surface area contributed by atoms with E-state index in [9.17, 15) is 0 Å². The summed E-state index contributed by atoms with van der Waals surface area (Å²) in [4.78, 5) is 9.78. The van der Waals surface area contributed by atoms with Crippen molar-refractivity contribution in [2.45, 2.75) is 0 Å². The molecule has 0 radical (unpaired) electrons. The fourth-order valence-electron chi connectivity index (χ4n) is 4.80. The Morgan fingerprint density at radius 2 is 1.21 bits per heavy atom. The summed E-state index contributed by atoms with van der Waals surface area (Å²) in [6.45, 7) is 0. The first kappa shape index (κ1) is 18.1. The first-order valence-corrected chi connectivity index (χ1v) is 11.1. The maximum absolute atomic E-state index is 5.12. The minimum Gasteiger partial charge on any atom is -0.306 e. The second-order valence-electron chi connectivity index (χ2n) is 8.37. The van der Waals surface area contributed by atoms with Gasteiger partial charge in [-0.05, 0) is 48.0 Å². The molecule has 3 nitrogen and oxygen atoms in total. The van der Waals surface area contributed by atoms with Gasteiger partial charge in [0.15, 0.2) is 0 Å². The molecule has 0 bridgehead atoms. The van der Waals surface area contributed by atoms with Crippen LogP contribution < -0.4 is 0 Å². The molecule has 0 atom stereocenters. The number of hydrogen-bond donors (Lipinski definition) is 0. The molecule has 0 aliphatic heterocycles. The van der Waals surface area contributed by atoms with E-state index in [1.807, 2.05) is 24.4 Å². The maximum atomic E-state index is 5.12. The molecule has 0 unspecified atom stereocenters. The van der Waals surface area contributed by atoms with Crippen LogP contribution in [0.25, 0.3) is 60.7 Å². The summed E-state index contributed by atoms with van der Waals surface area (Å²) in [6.07, 6.45) is 1.95. The van der Waals surface area contributed by atoms with Crippen molar-refractivity contribution < 1.29 is 0 Å². The molecule has 7 aromatic rings. The van der Waals surface area contributed by atoms with E-state index in [1.54, 1.807) is 0 Å². The number of benzene rings is 4. The van der Waals surface area contributed by atoms with E-state index >= 15 is 0 Å². The monoisotopic (exact) mass is 421 g/mol. The number of nitrogens with zero attached hydrogens (tertiary/aromatic N) is 3. The molecule has 7 rings (SSSR count). The van der Waals surface area contributed by atoms with Crippen molar-refractivity contribution in [3.05, 3.63) is 115 Å². The number of fused-ring (bicyclic) bond motifs is 6. The zero-order valence-electron chi connectivity index (χ0n) is 17.8. The van der Waals surface area contributed by atoms with Crippen LogP contribution in [0.2, 0.25) is 0 Å². The number of para-hydroxylation sites is 4. The summed E-state index contributed by atoms with van der Waals surface area (Å²) in [5.74, 6) is 0. The molecule has 3 heteroatoms. The van der Waals surface area contributed by atoms with Gasteiger partial charge in [-0.2, -0.15) is 0 Å². The average Bonchev–Trinajstić information content (AvgIpc) is 3.28. The van der Waals surface area contributed by atoms with Crippen LogP contribution in [0.4, 0.5) is 0 Å². The highest BCUT2D eigenvalue weighted by molar-refractivity contribution is 5.99. The van der Waals surface area contributed by atoms with E-state index in [-0.39, 0.29) is 0 Å². The molecule has 33 heavy (non-hydrogen) atoms. The highest BCUT2D eigenvalue weighted by Gasteiger charge is 2.14. The molecular formula is C30H19N3. The lowest BCUT2D eigenvalue weighted by Gasteiger charge is -2.11. The molecule has 0 amide bonds. The van der Waals surface area contributed by atoms with E-state index in [0.717, 1.165) is 49.8 Å². The van der Waals surface area contributed by atoms with Gasteiger partial charge in [0.25, 0.3) is 0 Å². The lowest BCUT2D eigenvalue weighted by Crippen LogP contribution is -1.95. The predicted molar refractivity (Wildman–Crippen MR) is 136 cm³/mol. The third kappa shape index (κ3) is 2.83. The molecule has 0 aliphatic rings. The molecule has 154 valence electrons. The SMILES string of the molecule is c1cc(-c2cnc3ccccc3c2)cc(-c2nc3ccccc3n3c2cc2ccccc23)c1. The smallest absolute Gasteiger partial charge is 0.0951 e. The Bertz CT molecular complexity index is 1830. The minimum atomic E-state index is 0.985. The fourth-order valence-corrected chi connectivity index (χ4v) is 4.80. The van der Waals surface area contributed by atoms with Crippen molar-refractivity contribution in [1.29, 1.82) is 0 Å². The molecule has 0 saturated heterocycles. The first-order valence-electron chi connectivity index (χ1n) is 11.1. The number of hydrogen-bond acceptors (Lipinski definition) is 2. The summed E-state index contributed by atoms with van der Waals surface area (Å²) < 4.78 is 2.33. The highest BCUT2D eigenvalue weighted by Crippen LogP contribution is 2.34. The van der Waals surface area contributed by atoms with Gasteiger partial charge in [0.1, 0.15) is 0 Å². The Hall–Kier alpha value is -4.50. The highest BCUT2D eigenvalue weighted by atomic mass is 14.9. The normalized spacial score (nSPS) is 11.6. The Labute approximate surface area is 190 Å². The van der Waals surface area contributed by atoms with Crippen LogP contribution in [0.1, 0.15) is 0 Å². The Morgan fingerprint density at radius 1 is 0.485 bits per heavy atom. The van der Waals surface area contributed by atoms with Crippen molar-refractivity contribution >= 4 is 38.4 Å². The molecule has 0 N–H and O–H groups in total. The largest absolute Gasteiger partial charge is 0.306 e. The van der Waals surface area contributed by atoms with Crippen LogP contribution in [0.5, 0.6) is 0 Å². The Kier molecular flexibility index (Phi) is 3.84. The van der Waals surface area contributed by atoms with Crippen molar-refractivity contribution in [3.8, 4) is 22.4 Å². The number of pyridine rings is 1. The lowest BCUT2D eigenvalue weighted by molar-refractivity contribution is 1.27. The summed E-state index contributed by atoms with van der Waals surface area (Å²) in [5.41, 5.74) is 9.75. The van der Waals surface area contributed by atoms with Gasteiger partial charge in [-0.3, -0.25) is 4.98 Å². The van der Waals surface area contributed by atoms with Crippen LogP contribution in [-0.2, 0) is 0 Å². The second kappa shape index (κ2) is 7.01. The van der Waals surface area contributed by atoms with E-state index in [2.05, 4.69) is 100 Å². The summed E-state index contributed by atoms with van der Waals surface area (Å²) in [6, 6.07) is 38.2. The molecule has 0 aliphatic carbocycles. The quantitative estimate of drug-likeness (QED) is 0.289. The zero-order valence-corrected chi connectivity index (χ0v) is 17.8. The molecule has 4 aromatic carbocycles. The van der Waals surface area contributed by atoms with Crippen LogP contribution in [0.3, 0.4) is 0 Å². The van der Waals surface area contributed by atoms with Crippen LogP contribution in [0.15, 0.2) is 115 Å². The minimum absolute atomic E-state index is 0.985. The zero-order chi connectivity index (χ0) is 21.8. The second-order valence-corrected chi connectivity index (χ2v) is 8.37. The van der Waals surface area contributed by atoms with Gasteiger partial charge >= 0.3 is 0 Å². The predicted octanol–water partition coefficient (Wildman–Crippen LogP) is 7.52. The number of aromatic nitrogens is 3. The van der Waals surface area contributed by atoms with E-state index < -0.39 is 0 Å². The van der Waals surface area contributed by atoms with Gasteiger partial charge in [0.05, 0.1) is 33.3 Å². The van der Waals surface area contributed by atoms with E-state index in [1.165, 1.54) is 10.9 Å². The first-order chi connectivity index (χ1) is 16.3. The molecule has 3 heterocycles. The summed E-state index contributed by atoms with van der Waals surface area (Å²) in [7, 11) is 0. The lowest BCUT2D eigenvalue weighted by atomic mass is 10.0. The van der Waals surface area contributed by atoms with Crippen molar-refractivity contribution in [2.24, 2.45) is 0 Å². The summed E-state index contributed by atoms with van der Waals surface area (Å²) in [5, 5.41) is 2.36. The Morgan fingerprint density at radius 3 is 2.12 bits per heavy atom.